The van der Waals surface area contributed by atoms with Crippen molar-refractivity contribution in [2.24, 2.45) is 5.92 Å². The van der Waals surface area contributed by atoms with Gasteiger partial charge >= 0.3 is 0 Å². The molecule has 0 bridgehead atoms. The molecule has 1 atom stereocenters. The van der Waals surface area contributed by atoms with Crippen molar-refractivity contribution < 1.29 is 9.18 Å². The van der Waals surface area contributed by atoms with Gasteiger partial charge in [0.1, 0.15) is 5.82 Å². The van der Waals surface area contributed by atoms with E-state index in [0.717, 1.165) is 19.6 Å². The predicted octanol–water partition coefficient (Wildman–Crippen LogP) is 3.05. The lowest BCUT2D eigenvalue weighted by Gasteiger charge is -2.20. The third-order valence-electron chi connectivity index (χ3n) is 3.57. The average Bonchev–Trinajstić information content (AvgIpc) is 2.89. The second-order valence-corrected chi connectivity index (χ2v) is 6.27. The average molecular weight is 343 g/mol. The van der Waals surface area contributed by atoms with Crippen LogP contribution in [-0.4, -0.2) is 37.0 Å². The number of halogens is 2. The fraction of sp³-hybridized carbons (Fsp3) is 0.533. The van der Waals surface area contributed by atoms with Crippen LogP contribution in [0.5, 0.6) is 0 Å². The zero-order valence-corrected chi connectivity index (χ0v) is 13.2. The number of amides is 1. The molecule has 0 aromatic heterocycles. The Hall–Kier alpha value is -0.940. The first-order valence-electron chi connectivity index (χ1n) is 7.02. The number of nitrogens with one attached hydrogen (secondary N) is 1. The molecular formula is C15H20BrFN2O. The van der Waals surface area contributed by atoms with Gasteiger partial charge in [0.05, 0.1) is 5.56 Å². The maximum Gasteiger partial charge on any atom is 0.255 e. The van der Waals surface area contributed by atoms with Gasteiger partial charge < -0.3 is 10.2 Å². The van der Waals surface area contributed by atoms with Crippen molar-refractivity contribution >= 4 is 21.8 Å². The summed E-state index contributed by atoms with van der Waals surface area (Å²) in [5.74, 6) is -0.491. The minimum absolute atomic E-state index is 0.0841. The first-order valence-corrected chi connectivity index (χ1v) is 7.82. The number of carbonyl (C=O) groups is 1. The van der Waals surface area contributed by atoms with Gasteiger partial charge in [0.15, 0.2) is 0 Å². The van der Waals surface area contributed by atoms with Gasteiger partial charge in [0, 0.05) is 17.6 Å². The highest BCUT2D eigenvalue weighted by Gasteiger charge is 2.18. The van der Waals surface area contributed by atoms with Gasteiger partial charge in [-0.2, -0.15) is 0 Å². The van der Waals surface area contributed by atoms with Gasteiger partial charge in [0.2, 0.25) is 0 Å². The SMILES string of the molecule is CC(CNC(=O)c1c(F)cccc1Br)CN1CCCC1. The lowest BCUT2D eigenvalue weighted by Crippen LogP contribution is -2.34. The third kappa shape index (κ3) is 4.03. The molecule has 1 aliphatic rings. The molecule has 1 N–H and O–H groups in total. The summed E-state index contributed by atoms with van der Waals surface area (Å²) in [7, 11) is 0. The van der Waals surface area contributed by atoms with Crippen LogP contribution in [0, 0.1) is 11.7 Å². The Morgan fingerprint density at radius 3 is 2.80 bits per heavy atom. The highest BCUT2D eigenvalue weighted by molar-refractivity contribution is 9.10. The molecule has 1 unspecified atom stereocenters. The van der Waals surface area contributed by atoms with Crippen LogP contribution < -0.4 is 5.32 Å². The van der Waals surface area contributed by atoms with Crippen molar-refractivity contribution in [3.8, 4) is 0 Å². The minimum Gasteiger partial charge on any atom is -0.352 e. The zero-order valence-electron chi connectivity index (χ0n) is 11.7. The molecule has 1 aromatic rings. The van der Waals surface area contributed by atoms with Gasteiger partial charge in [-0.25, -0.2) is 4.39 Å². The normalized spacial score (nSPS) is 17.1. The lowest BCUT2D eigenvalue weighted by molar-refractivity contribution is 0.0940. The van der Waals surface area contributed by atoms with E-state index in [4.69, 9.17) is 0 Å². The van der Waals surface area contributed by atoms with E-state index in [0.29, 0.717) is 16.9 Å². The van der Waals surface area contributed by atoms with Crippen LogP contribution in [0.25, 0.3) is 0 Å². The second kappa shape index (κ2) is 7.18. The first-order chi connectivity index (χ1) is 9.58. The largest absolute Gasteiger partial charge is 0.352 e. The zero-order chi connectivity index (χ0) is 14.5. The molecule has 5 heteroatoms. The number of nitrogens with zero attached hydrogens (tertiary/aromatic N) is 1. The van der Waals surface area contributed by atoms with Crippen molar-refractivity contribution in [1.29, 1.82) is 0 Å². The highest BCUT2D eigenvalue weighted by Crippen LogP contribution is 2.19. The van der Waals surface area contributed by atoms with Crippen LogP contribution >= 0.6 is 15.9 Å². The summed E-state index contributed by atoms with van der Waals surface area (Å²) < 4.78 is 14.1. The molecule has 110 valence electrons. The summed E-state index contributed by atoms with van der Waals surface area (Å²) >= 11 is 3.22. The topological polar surface area (TPSA) is 32.3 Å². The minimum atomic E-state index is -0.496. The number of benzene rings is 1. The van der Waals surface area contributed by atoms with E-state index in [1.54, 1.807) is 12.1 Å². The number of carbonyl (C=O) groups excluding carboxylic acids is 1. The van der Waals surface area contributed by atoms with Gasteiger partial charge in [-0.05, 0) is 59.9 Å². The molecule has 1 aliphatic heterocycles. The van der Waals surface area contributed by atoms with E-state index < -0.39 is 5.82 Å². The molecule has 0 spiro atoms. The summed E-state index contributed by atoms with van der Waals surface area (Å²) in [5.41, 5.74) is 0.0841. The van der Waals surface area contributed by atoms with E-state index in [1.165, 1.54) is 18.9 Å². The Balaban J connectivity index is 1.85. The van der Waals surface area contributed by atoms with Crippen molar-refractivity contribution in [3.05, 3.63) is 34.1 Å². The standard InChI is InChI=1S/C15H20BrFN2O/c1-11(10-19-7-2-3-8-19)9-18-15(20)14-12(16)5-4-6-13(14)17/h4-6,11H,2-3,7-10H2,1H3,(H,18,20). The van der Waals surface area contributed by atoms with E-state index in [2.05, 4.69) is 33.1 Å². The van der Waals surface area contributed by atoms with Gasteiger partial charge in [-0.3, -0.25) is 4.79 Å². The first kappa shape index (κ1) is 15.4. The Morgan fingerprint density at radius 1 is 1.45 bits per heavy atom. The number of hydrogen-bond donors (Lipinski definition) is 1. The molecule has 1 aromatic carbocycles. The molecule has 20 heavy (non-hydrogen) atoms. The molecule has 2 rings (SSSR count). The third-order valence-corrected chi connectivity index (χ3v) is 4.23. The van der Waals surface area contributed by atoms with Gasteiger partial charge in [-0.15, -0.1) is 0 Å². The number of likely N-dealkylation sites (tertiary alicyclic amines) is 1. The van der Waals surface area contributed by atoms with E-state index in [-0.39, 0.29) is 11.5 Å². The van der Waals surface area contributed by atoms with Crippen LogP contribution in [0.3, 0.4) is 0 Å². The molecule has 1 saturated heterocycles. The second-order valence-electron chi connectivity index (χ2n) is 5.42. The quantitative estimate of drug-likeness (QED) is 0.891. The summed E-state index contributed by atoms with van der Waals surface area (Å²) in [4.78, 5) is 14.4. The molecule has 0 saturated carbocycles. The molecular weight excluding hydrogens is 323 g/mol. The summed E-state index contributed by atoms with van der Waals surface area (Å²) in [6.45, 7) is 5.96. The van der Waals surface area contributed by atoms with E-state index >= 15 is 0 Å². The lowest BCUT2D eigenvalue weighted by atomic mass is 10.1. The van der Waals surface area contributed by atoms with Crippen LogP contribution in [0.1, 0.15) is 30.1 Å². The van der Waals surface area contributed by atoms with Crippen molar-refractivity contribution in [1.82, 2.24) is 10.2 Å². The Labute approximate surface area is 127 Å². The molecule has 1 amide bonds. The van der Waals surface area contributed by atoms with Crippen molar-refractivity contribution in [2.45, 2.75) is 19.8 Å². The van der Waals surface area contributed by atoms with Crippen LogP contribution in [0.2, 0.25) is 0 Å². The number of rotatable bonds is 5. The van der Waals surface area contributed by atoms with E-state index in [1.807, 2.05) is 0 Å². The Bertz CT molecular complexity index is 455. The monoisotopic (exact) mass is 342 g/mol. The fourth-order valence-corrected chi connectivity index (χ4v) is 3.06. The maximum atomic E-state index is 13.7. The maximum absolute atomic E-state index is 13.7. The summed E-state index contributed by atoms with van der Waals surface area (Å²) in [5, 5.41) is 2.82. The molecule has 0 aliphatic carbocycles. The Kier molecular flexibility index (Phi) is 5.54. The molecule has 3 nitrogen and oxygen atoms in total. The molecule has 1 heterocycles. The molecule has 0 radical (unpaired) electrons. The predicted molar refractivity (Wildman–Crippen MR) is 81.3 cm³/mol. The summed E-state index contributed by atoms with van der Waals surface area (Å²) in [6, 6.07) is 4.55. The number of hydrogen-bond acceptors (Lipinski definition) is 2. The summed E-state index contributed by atoms with van der Waals surface area (Å²) in [6.07, 6.45) is 2.53. The van der Waals surface area contributed by atoms with Gasteiger partial charge in [0.25, 0.3) is 5.91 Å². The van der Waals surface area contributed by atoms with E-state index in [9.17, 15) is 9.18 Å². The smallest absolute Gasteiger partial charge is 0.255 e. The van der Waals surface area contributed by atoms with Crippen LogP contribution in [0.4, 0.5) is 4.39 Å². The fourth-order valence-electron chi connectivity index (χ4n) is 2.54. The van der Waals surface area contributed by atoms with Gasteiger partial charge in [-0.1, -0.05) is 13.0 Å². The Morgan fingerprint density at radius 2 is 2.15 bits per heavy atom. The van der Waals surface area contributed by atoms with Crippen LogP contribution in [0.15, 0.2) is 22.7 Å². The van der Waals surface area contributed by atoms with Crippen LogP contribution in [-0.2, 0) is 0 Å². The highest BCUT2D eigenvalue weighted by atomic mass is 79.9. The van der Waals surface area contributed by atoms with Crippen molar-refractivity contribution in [2.75, 3.05) is 26.2 Å². The van der Waals surface area contributed by atoms with Crippen molar-refractivity contribution in [3.63, 3.8) is 0 Å². The molecule has 1 fully saturated rings.